The summed E-state index contributed by atoms with van der Waals surface area (Å²) in [6.07, 6.45) is 2.85. The molecule has 2 amide bonds. The van der Waals surface area contributed by atoms with Gasteiger partial charge in [0.05, 0.1) is 31.1 Å². The van der Waals surface area contributed by atoms with Crippen molar-refractivity contribution in [2.24, 2.45) is 0 Å². The molecule has 0 spiro atoms. The van der Waals surface area contributed by atoms with Gasteiger partial charge in [-0.2, -0.15) is 0 Å². The van der Waals surface area contributed by atoms with E-state index in [0.717, 1.165) is 45.2 Å². The van der Waals surface area contributed by atoms with Crippen LogP contribution in [-0.2, 0) is 16.1 Å². The number of pyridine rings is 2. The van der Waals surface area contributed by atoms with E-state index in [9.17, 15) is 14.4 Å². The van der Waals surface area contributed by atoms with Crippen molar-refractivity contribution in [3.8, 4) is 22.6 Å². The third-order valence-corrected chi connectivity index (χ3v) is 8.79. The van der Waals surface area contributed by atoms with E-state index >= 15 is 0 Å². The highest BCUT2D eigenvalue weighted by Gasteiger charge is 2.30. The largest absolute Gasteiger partial charge is 0.497 e. The molecule has 3 heterocycles. The van der Waals surface area contributed by atoms with Gasteiger partial charge in [0.2, 0.25) is 5.91 Å². The molecule has 0 atom stereocenters. The first-order valence-electron chi connectivity index (χ1n) is 17.1. The Morgan fingerprint density at radius 2 is 1.69 bits per heavy atom. The van der Waals surface area contributed by atoms with Crippen molar-refractivity contribution in [2.75, 3.05) is 64.2 Å². The second-order valence-corrected chi connectivity index (χ2v) is 13.7. The minimum absolute atomic E-state index is 0.202. The van der Waals surface area contributed by atoms with Crippen molar-refractivity contribution >= 4 is 40.1 Å². The molecule has 4 aromatic rings. The van der Waals surface area contributed by atoms with Crippen LogP contribution in [0.4, 0.5) is 22.0 Å². The zero-order valence-electron chi connectivity index (χ0n) is 30.6. The number of ether oxygens (including phenoxy) is 3. The summed E-state index contributed by atoms with van der Waals surface area (Å²) in [5.74, 6) is 0.908. The fourth-order valence-corrected chi connectivity index (χ4v) is 6.15. The van der Waals surface area contributed by atoms with Crippen LogP contribution in [0.3, 0.4) is 0 Å². The van der Waals surface area contributed by atoms with Crippen molar-refractivity contribution < 1.29 is 23.8 Å². The molecule has 51 heavy (non-hydrogen) atoms. The number of fused-ring (bicyclic) bond motifs is 1. The van der Waals surface area contributed by atoms with Crippen molar-refractivity contribution in [3.05, 3.63) is 83.3 Å². The fourth-order valence-electron chi connectivity index (χ4n) is 6.15. The minimum atomic E-state index is -0.836. The number of hydrogen-bond acceptors (Lipinski definition) is 9. The second-order valence-electron chi connectivity index (χ2n) is 13.7. The SMILES string of the molecule is C=CC(=O)Nc1cccc(C)c1N(C(=O)OC(C)(C)C)c1cc2c(cn1)cc(-c1cc(OC)cc(OC)c1)c(=O)n2CCCN1CCN(C)CC1. The van der Waals surface area contributed by atoms with Gasteiger partial charge in [-0.1, -0.05) is 18.7 Å². The van der Waals surface area contributed by atoms with Crippen LogP contribution in [0.15, 0.2) is 72.2 Å². The van der Waals surface area contributed by atoms with E-state index in [1.54, 1.807) is 76.1 Å². The molecule has 0 aliphatic carbocycles. The number of anilines is 3. The fraction of sp³-hybridized carbons (Fsp3) is 0.385. The molecule has 2 aromatic heterocycles. The minimum Gasteiger partial charge on any atom is -0.497 e. The quantitative estimate of drug-likeness (QED) is 0.182. The molecule has 270 valence electrons. The van der Waals surface area contributed by atoms with Gasteiger partial charge < -0.3 is 33.9 Å². The number of piperazine rings is 1. The average Bonchev–Trinajstić information content (AvgIpc) is 3.10. The predicted molar refractivity (Wildman–Crippen MR) is 201 cm³/mol. The number of nitrogens with zero attached hydrogens (tertiary/aromatic N) is 5. The van der Waals surface area contributed by atoms with Crippen LogP contribution in [0.2, 0.25) is 0 Å². The number of rotatable bonds is 11. The summed E-state index contributed by atoms with van der Waals surface area (Å²) in [6, 6.07) is 14.2. The zero-order chi connectivity index (χ0) is 36.9. The molecule has 12 nitrogen and oxygen atoms in total. The number of nitrogens with one attached hydrogen (secondary N) is 1. The Kier molecular flexibility index (Phi) is 11.5. The summed E-state index contributed by atoms with van der Waals surface area (Å²) in [7, 11) is 5.27. The first kappa shape index (κ1) is 37.1. The number of para-hydroxylation sites is 1. The lowest BCUT2D eigenvalue weighted by atomic mass is 10.0. The van der Waals surface area contributed by atoms with Gasteiger partial charge >= 0.3 is 6.09 Å². The average molecular weight is 697 g/mol. The predicted octanol–water partition coefficient (Wildman–Crippen LogP) is 6.22. The van der Waals surface area contributed by atoms with Crippen LogP contribution < -0.4 is 25.2 Å². The Bertz CT molecular complexity index is 1950. The monoisotopic (exact) mass is 696 g/mol. The molecule has 1 N–H and O–H groups in total. The molecule has 5 rings (SSSR count). The first-order chi connectivity index (χ1) is 24.3. The number of benzene rings is 2. The maximum absolute atomic E-state index is 14.5. The van der Waals surface area contributed by atoms with E-state index < -0.39 is 17.6 Å². The van der Waals surface area contributed by atoms with Gasteiger partial charge in [0.1, 0.15) is 22.9 Å². The summed E-state index contributed by atoms with van der Waals surface area (Å²) < 4.78 is 18.7. The number of carbonyl (C=O) groups is 2. The molecule has 1 aliphatic heterocycles. The third-order valence-electron chi connectivity index (χ3n) is 8.79. The summed E-state index contributed by atoms with van der Waals surface area (Å²) >= 11 is 0. The van der Waals surface area contributed by atoms with E-state index in [0.29, 0.717) is 57.0 Å². The van der Waals surface area contributed by atoms with Gasteiger partial charge in [0.15, 0.2) is 0 Å². The van der Waals surface area contributed by atoms with Crippen molar-refractivity contribution in [1.82, 2.24) is 19.4 Å². The molecule has 2 aromatic carbocycles. The summed E-state index contributed by atoms with van der Waals surface area (Å²) in [6.45, 7) is 15.9. The molecule has 1 saturated heterocycles. The number of carbonyl (C=O) groups excluding carboxylic acids is 2. The van der Waals surface area contributed by atoms with Crippen LogP contribution in [-0.4, -0.2) is 90.9 Å². The summed E-state index contributed by atoms with van der Waals surface area (Å²) in [5, 5.41) is 3.51. The Morgan fingerprint density at radius 3 is 2.31 bits per heavy atom. The van der Waals surface area contributed by atoms with Crippen LogP contribution in [0.5, 0.6) is 11.5 Å². The van der Waals surface area contributed by atoms with E-state index in [4.69, 9.17) is 19.2 Å². The number of amides is 2. The number of aryl methyl sites for hydroxylation is 2. The highest BCUT2D eigenvalue weighted by Crippen LogP contribution is 2.37. The molecular formula is C39H48N6O6. The lowest BCUT2D eigenvalue weighted by Crippen LogP contribution is -2.44. The highest BCUT2D eigenvalue weighted by molar-refractivity contribution is 6.06. The number of likely N-dealkylation sites (N-methyl/N-ethyl adjacent to an activating group) is 1. The van der Waals surface area contributed by atoms with E-state index in [2.05, 4.69) is 28.7 Å². The summed E-state index contributed by atoms with van der Waals surface area (Å²) in [4.78, 5) is 51.9. The maximum atomic E-state index is 14.5. The first-order valence-corrected chi connectivity index (χ1v) is 17.1. The molecule has 1 fully saturated rings. The van der Waals surface area contributed by atoms with Crippen molar-refractivity contribution in [3.63, 3.8) is 0 Å². The van der Waals surface area contributed by atoms with Gasteiger partial charge in [0.25, 0.3) is 5.56 Å². The van der Waals surface area contributed by atoms with Gasteiger partial charge in [-0.15, -0.1) is 0 Å². The Balaban J connectivity index is 1.69. The van der Waals surface area contributed by atoms with Crippen molar-refractivity contribution in [1.29, 1.82) is 0 Å². The van der Waals surface area contributed by atoms with Crippen molar-refractivity contribution in [2.45, 2.75) is 46.3 Å². The van der Waals surface area contributed by atoms with Crippen LogP contribution in [0.1, 0.15) is 32.8 Å². The lowest BCUT2D eigenvalue weighted by molar-refractivity contribution is -0.111. The van der Waals surface area contributed by atoms with Gasteiger partial charge in [-0.05, 0) is 89.2 Å². The molecular weight excluding hydrogens is 648 g/mol. The van der Waals surface area contributed by atoms with Crippen LogP contribution in [0, 0.1) is 6.92 Å². The molecule has 1 aliphatic rings. The number of hydrogen-bond donors (Lipinski definition) is 1. The third kappa shape index (κ3) is 8.76. The van der Waals surface area contributed by atoms with Gasteiger partial charge in [-0.3, -0.25) is 9.59 Å². The second kappa shape index (κ2) is 15.8. The number of methoxy groups -OCH3 is 2. The molecule has 12 heteroatoms. The standard InChI is InChI=1S/C39H48N6O6/c1-9-35(46)41-32-13-10-12-26(2)36(32)45(38(48)51-39(3,4)5)34-24-33-28(25-40-34)22-31(27-20-29(49-7)23-30(21-27)50-8)37(47)44(33)15-11-14-43-18-16-42(6)17-19-43/h9-10,12-13,20-25H,1,11,14-19H2,2-8H3,(H,41,46). The molecule has 0 unspecified atom stereocenters. The van der Waals surface area contributed by atoms with Crippen LogP contribution in [0.25, 0.3) is 22.0 Å². The van der Waals surface area contributed by atoms with E-state index in [1.165, 1.54) is 4.90 Å². The topological polar surface area (TPSA) is 118 Å². The van der Waals surface area contributed by atoms with Gasteiger partial charge in [0, 0.05) is 62.0 Å². The normalized spacial score (nSPS) is 13.9. The summed E-state index contributed by atoms with van der Waals surface area (Å²) in [5.41, 5.74) is 2.12. The zero-order valence-corrected chi connectivity index (χ0v) is 30.6. The molecule has 0 radical (unpaired) electrons. The van der Waals surface area contributed by atoms with E-state index in [-0.39, 0.29) is 11.4 Å². The Hall–Kier alpha value is -5.20. The maximum Gasteiger partial charge on any atom is 0.420 e. The Morgan fingerprint density at radius 1 is 1.00 bits per heavy atom. The molecule has 0 saturated carbocycles. The van der Waals surface area contributed by atoms with Gasteiger partial charge in [-0.25, -0.2) is 14.7 Å². The lowest BCUT2D eigenvalue weighted by Gasteiger charge is -2.32. The van der Waals surface area contributed by atoms with E-state index in [1.807, 2.05) is 25.1 Å². The number of aromatic nitrogens is 2. The van der Waals surface area contributed by atoms with Crippen LogP contribution >= 0.6 is 0 Å². The highest BCUT2D eigenvalue weighted by atomic mass is 16.6. The molecule has 0 bridgehead atoms. The Labute approximate surface area is 299 Å². The smallest absolute Gasteiger partial charge is 0.420 e.